The molecule has 0 aliphatic carbocycles. The van der Waals surface area contributed by atoms with Gasteiger partial charge in [-0.2, -0.15) is 0 Å². The molecule has 4 heteroatoms. The summed E-state index contributed by atoms with van der Waals surface area (Å²) < 4.78 is 19.7. The Hall–Kier alpha value is -2.33. The van der Waals surface area contributed by atoms with Gasteiger partial charge in [0.05, 0.1) is 0 Å². The van der Waals surface area contributed by atoms with Gasteiger partial charge in [-0.3, -0.25) is 0 Å². The Balaban J connectivity index is 2.23. The maximum atomic E-state index is 14.5. The molecule has 0 amide bonds. The van der Waals surface area contributed by atoms with E-state index in [-0.39, 0.29) is 5.82 Å². The van der Waals surface area contributed by atoms with E-state index in [4.69, 9.17) is 9.68 Å². The van der Waals surface area contributed by atoms with Crippen LogP contribution in [0.25, 0.3) is 21.9 Å². The molecule has 0 bridgehead atoms. The van der Waals surface area contributed by atoms with Gasteiger partial charge >= 0.3 is 7.69 Å². The lowest BCUT2D eigenvalue weighted by atomic mass is 9.95. The summed E-state index contributed by atoms with van der Waals surface area (Å²) in [5.41, 5.74) is 2.96. The second-order valence-electron chi connectivity index (χ2n) is 5.29. The normalized spacial score (nSPS) is 10.7. The minimum absolute atomic E-state index is 0.274. The fourth-order valence-corrected chi connectivity index (χ4v) is 2.77. The Kier molecular flexibility index (Phi) is 3.86. The number of benzene rings is 3. The van der Waals surface area contributed by atoms with Crippen molar-refractivity contribution < 1.29 is 14.1 Å². The molecule has 1 N–H and O–H groups in total. The van der Waals surface area contributed by atoms with Crippen molar-refractivity contribution in [3.8, 4) is 16.9 Å². The zero-order chi connectivity index (χ0) is 15.7. The molecule has 0 heterocycles. The Bertz CT molecular complexity index is 846. The molecule has 0 fully saturated rings. The zero-order valence-corrected chi connectivity index (χ0v) is 12.4. The number of fused-ring (bicyclic) bond motifs is 1. The first-order valence-corrected chi connectivity index (χ1v) is 7.03. The minimum atomic E-state index is -0.274. The fourth-order valence-electron chi connectivity index (χ4n) is 2.77. The van der Waals surface area contributed by atoms with Crippen LogP contribution in [-0.2, 0) is 0 Å². The van der Waals surface area contributed by atoms with Gasteiger partial charge in [0.25, 0.3) is 0 Å². The predicted octanol–water partition coefficient (Wildman–Crippen LogP) is 4.17. The number of hydrogen-bond donors (Lipinski definition) is 1. The Morgan fingerprint density at radius 1 is 0.955 bits per heavy atom. The van der Waals surface area contributed by atoms with Crippen LogP contribution in [0.2, 0.25) is 0 Å². The molecule has 3 aromatic rings. The summed E-state index contributed by atoms with van der Waals surface area (Å²) >= 11 is 0. The van der Waals surface area contributed by atoms with Crippen LogP contribution < -0.4 is 4.65 Å². The lowest BCUT2D eigenvalue weighted by Gasteiger charge is -2.15. The SMILES string of the molecule is Cc1ccc(-c2cc3ccccc3cc2F)c(C)c1O[B]O. The molecule has 2 nitrogen and oxygen atoms in total. The van der Waals surface area contributed by atoms with Gasteiger partial charge in [-0.25, -0.2) is 4.39 Å². The summed E-state index contributed by atoms with van der Waals surface area (Å²) in [7, 11) is 0.649. The molecular weight excluding hydrogens is 278 g/mol. The lowest BCUT2D eigenvalue weighted by Crippen LogP contribution is -2.04. The molecule has 0 aliphatic rings. The Labute approximate surface area is 129 Å². The Morgan fingerprint density at radius 3 is 2.32 bits per heavy atom. The van der Waals surface area contributed by atoms with E-state index in [1.165, 1.54) is 0 Å². The Morgan fingerprint density at radius 2 is 1.64 bits per heavy atom. The first-order valence-electron chi connectivity index (χ1n) is 7.03. The van der Waals surface area contributed by atoms with Gasteiger partial charge in [0.1, 0.15) is 11.6 Å². The summed E-state index contributed by atoms with van der Waals surface area (Å²) in [6, 6.07) is 14.8. The van der Waals surface area contributed by atoms with E-state index >= 15 is 0 Å². The van der Waals surface area contributed by atoms with E-state index in [0.29, 0.717) is 19.0 Å². The predicted molar refractivity (Wildman–Crippen MR) is 87.4 cm³/mol. The number of rotatable bonds is 3. The average molecular weight is 293 g/mol. The molecule has 0 spiro atoms. The van der Waals surface area contributed by atoms with Gasteiger partial charge < -0.3 is 9.68 Å². The second kappa shape index (κ2) is 5.81. The van der Waals surface area contributed by atoms with Crippen molar-refractivity contribution in [2.45, 2.75) is 13.8 Å². The summed E-state index contributed by atoms with van der Waals surface area (Å²) in [6.45, 7) is 3.74. The van der Waals surface area contributed by atoms with Crippen LogP contribution in [0.5, 0.6) is 5.75 Å². The van der Waals surface area contributed by atoms with E-state index in [1.54, 1.807) is 6.07 Å². The van der Waals surface area contributed by atoms with Crippen LogP contribution >= 0.6 is 0 Å². The van der Waals surface area contributed by atoms with Crippen molar-refractivity contribution in [3.05, 3.63) is 65.5 Å². The van der Waals surface area contributed by atoms with Gasteiger partial charge in [0, 0.05) is 5.56 Å². The maximum Gasteiger partial charge on any atom is 0.569 e. The van der Waals surface area contributed by atoms with Crippen molar-refractivity contribution >= 4 is 18.5 Å². The van der Waals surface area contributed by atoms with E-state index < -0.39 is 0 Å². The van der Waals surface area contributed by atoms with Crippen LogP contribution in [0.1, 0.15) is 11.1 Å². The van der Waals surface area contributed by atoms with Crippen LogP contribution in [0.3, 0.4) is 0 Å². The highest BCUT2D eigenvalue weighted by Crippen LogP contribution is 2.35. The molecule has 109 valence electrons. The van der Waals surface area contributed by atoms with Crippen molar-refractivity contribution in [3.63, 3.8) is 0 Å². The molecule has 0 aliphatic heterocycles. The molecule has 22 heavy (non-hydrogen) atoms. The van der Waals surface area contributed by atoms with E-state index in [0.717, 1.165) is 27.5 Å². The number of halogens is 1. The third-order valence-corrected chi connectivity index (χ3v) is 3.90. The van der Waals surface area contributed by atoms with Crippen LogP contribution in [0, 0.1) is 19.7 Å². The first-order chi connectivity index (χ1) is 10.6. The van der Waals surface area contributed by atoms with Crippen molar-refractivity contribution in [2.24, 2.45) is 0 Å². The largest absolute Gasteiger partial charge is 0.569 e. The maximum absolute atomic E-state index is 14.5. The average Bonchev–Trinajstić information content (AvgIpc) is 2.51. The summed E-state index contributed by atoms with van der Waals surface area (Å²) in [5, 5.41) is 10.8. The molecule has 0 saturated heterocycles. The van der Waals surface area contributed by atoms with E-state index in [2.05, 4.69) is 0 Å². The third-order valence-electron chi connectivity index (χ3n) is 3.90. The summed E-state index contributed by atoms with van der Waals surface area (Å²) in [4.78, 5) is 0. The molecule has 0 aromatic heterocycles. The highest BCUT2D eigenvalue weighted by Gasteiger charge is 2.14. The van der Waals surface area contributed by atoms with E-state index in [1.807, 2.05) is 56.3 Å². The molecular formula is C18H15BFO2. The monoisotopic (exact) mass is 293 g/mol. The number of hydrogen-bond acceptors (Lipinski definition) is 2. The van der Waals surface area contributed by atoms with Gasteiger partial charge in [-0.1, -0.05) is 36.4 Å². The smallest absolute Gasteiger partial charge is 0.537 e. The zero-order valence-electron chi connectivity index (χ0n) is 12.4. The molecule has 3 aromatic carbocycles. The van der Waals surface area contributed by atoms with Crippen LogP contribution in [0.15, 0.2) is 48.5 Å². The van der Waals surface area contributed by atoms with Crippen LogP contribution in [0.4, 0.5) is 4.39 Å². The minimum Gasteiger partial charge on any atom is -0.537 e. The molecule has 0 atom stereocenters. The standard InChI is InChI=1S/C18H15BFO2/c1-11-7-8-15(12(2)18(11)22-19-21)16-9-13-5-3-4-6-14(13)10-17(16)20/h3-10,21H,1-2H3. The van der Waals surface area contributed by atoms with Gasteiger partial charge in [0.2, 0.25) is 0 Å². The van der Waals surface area contributed by atoms with Gasteiger partial charge in [-0.15, -0.1) is 0 Å². The van der Waals surface area contributed by atoms with Crippen molar-refractivity contribution in [1.29, 1.82) is 0 Å². The van der Waals surface area contributed by atoms with Crippen molar-refractivity contribution in [1.82, 2.24) is 0 Å². The molecule has 3 rings (SSSR count). The van der Waals surface area contributed by atoms with Gasteiger partial charge in [-0.05, 0) is 53.4 Å². The second-order valence-corrected chi connectivity index (χ2v) is 5.29. The molecule has 0 unspecified atom stereocenters. The van der Waals surface area contributed by atoms with E-state index in [9.17, 15) is 4.39 Å². The summed E-state index contributed by atoms with van der Waals surface area (Å²) in [6.07, 6.45) is 0. The first kappa shape index (κ1) is 14.6. The third kappa shape index (κ3) is 2.46. The van der Waals surface area contributed by atoms with Gasteiger partial charge in [0.15, 0.2) is 0 Å². The summed E-state index contributed by atoms with van der Waals surface area (Å²) in [5.74, 6) is 0.275. The van der Waals surface area contributed by atoms with Crippen LogP contribution in [-0.4, -0.2) is 12.7 Å². The fraction of sp³-hybridized carbons (Fsp3) is 0.111. The number of aryl methyl sites for hydroxylation is 1. The lowest BCUT2D eigenvalue weighted by molar-refractivity contribution is 0.450. The quantitative estimate of drug-likeness (QED) is 0.734. The van der Waals surface area contributed by atoms with Crippen molar-refractivity contribution in [2.75, 3.05) is 0 Å². The highest BCUT2D eigenvalue weighted by molar-refractivity contribution is 6.17. The highest BCUT2D eigenvalue weighted by atomic mass is 19.1. The molecule has 1 radical (unpaired) electrons. The topological polar surface area (TPSA) is 29.5 Å². The molecule has 0 saturated carbocycles.